The number of aryl methyl sites for hydroxylation is 7. The van der Waals surface area contributed by atoms with Gasteiger partial charge in [0.15, 0.2) is 0 Å². The molecule has 95 heavy (non-hydrogen) atoms. The maximum Gasteiger partial charge on any atom is 0.328 e. The van der Waals surface area contributed by atoms with Crippen molar-refractivity contribution in [3.8, 4) is 5.75 Å². The topological polar surface area (TPSA) is 458 Å². The second-order valence-corrected chi connectivity index (χ2v) is 24.5. The molecule has 20 N–H and O–H groups in total. The third-order valence-electron chi connectivity index (χ3n) is 16.0. The molecule has 4 aromatic rings. The predicted molar refractivity (Wildman–Crippen MR) is 366 cm³/mol. The number of carboxylic acid groups (broad SMARTS) is 4. The van der Waals surface area contributed by atoms with Gasteiger partial charge in [0.2, 0.25) is 0 Å². The number of aliphatic hydroxyl groups excluding tert-OH is 6. The number of esters is 1. The van der Waals surface area contributed by atoms with Gasteiger partial charge in [-0.05, 0) is 145 Å². The molecule has 5 rings (SSSR count). The van der Waals surface area contributed by atoms with E-state index >= 15 is 0 Å². The van der Waals surface area contributed by atoms with Gasteiger partial charge in [-0.1, -0.05) is 147 Å². The van der Waals surface area contributed by atoms with E-state index in [1.807, 2.05) is 100 Å². The van der Waals surface area contributed by atoms with Crippen molar-refractivity contribution in [2.75, 3.05) is 66.1 Å². The molecule has 0 aliphatic carbocycles. The SMILES string of the molecule is CC1=NC=C(CCC(N)(CO)C(=O)O)C1.CCCCCCCCOc1ccc(CCC(N)(CO)C(=O)OCCOCCO)cc1.Cc1ccc(CCC(N)(CO)C(=O)O)cc1.Cc1ccc(CCC(N)(CO)C(=O)O)cc1.Cc1ccc(CCCCC(N)(CO)C(=O)O)cc1. The molecule has 0 spiro atoms. The first-order valence-electron chi connectivity index (χ1n) is 32.3. The number of rotatable bonds is 40. The molecular weight excluding hydrogens is 1220 g/mol. The minimum atomic E-state index is -1.54. The summed E-state index contributed by atoms with van der Waals surface area (Å²) >= 11 is 0. The number of carboxylic acids is 4. The summed E-state index contributed by atoms with van der Waals surface area (Å²) in [6.45, 7) is 8.51. The van der Waals surface area contributed by atoms with Gasteiger partial charge in [-0.25, -0.2) is 4.79 Å². The summed E-state index contributed by atoms with van der Waals surface area (Å²) in [5.74, 6) is -4.46. The van der Waals surface area contributed by atoms with Crippen molar-refractivity contribution in [1.29, 1.82) is 0 Å². The Labute approximate surface area is 560 Å². The zero-order valence-electron chi connectivity index (χ0n) is 56.4. The van der Waals surface area contributed by atoms with Gasteiger partial charge < -0.3 is 93.9 Å². The fourth-order valence-electron chi connectivity index (χ4n) is 8.88. The second kappa shape index (κ2) is 46.2. The van der Waals surface area contributed by atoms with E-state index in [0.29, 0.717) is 38.5 Å². The first kappa shape index (κ1) is 86.0. The first-order chi connectivity index (χ1) is 45.0. The van der Waals surface area contributed by atoms with Crippen LogP contribution < -0.4 is 33.4 Å². The number of nitrogens with two attached hydrogens (primary N) is 5. The summed E-state index contributed by atoms with van der Waals surface area (Å²) in [4.78, 5) is 59.6. The summed E-state index contributed by atoms with van der Waals surface area (Å²) in [6, 6.07) is 31.6. The van der Waals surface area contributed by atoms with Crippen LogP contribution in [0.4, 0.5) is 0 Å². The van der Waals surface area contributed by atoms with Gasteiger partial charge in [0.05, 0.1) is 59.5 Å². The standard InChI is InChI=1S/C23H39NO6.C14H21NO3.2C12H17NO3.C10H16N2O3/c1-2-3-4-5-6-7-15-29-21-10-8-20(9-11-21)12-13-23(24,19-26)22(27)30-18-17-28-16-14-25;1-11-5-7-12(8-6-11)4-2-3-9-14(15,10-16)13(17)18;2*1-9-2-4-10(5-3-9)6-7-12(13,8-14)11(15)16;1-7-4-8(5-12-7)2-3-10(11,6-13)9(14)15/h8-11,25-26H,2-7,12-19,24H2,1H3;5-8,16H,2-4,9-10,15H2,1H3,(H,17,18);2*2-5,14H,6-8,13H2,1H3,(H,15,16);5,13H,2-4,6,11H2,1H3,(H,14,15). The van der Waals surface area contributed by atoms with Gasteiger partial charge in [0.25, 0.3) is 0 Å². The molecule has 0 bridgehead atoms. The van der Waals surface area contributed by atoms with Crippen molar-refractivity contribution in [1.82, 2.24) is 0 Å². The fraction of sp³-hybridized carbons (Fsp3) is 0.549. The van der Waals surface area contributed by atoms with E-state index < -0.39 is 90.6 Å². The number of carbonyl (C=O) groups is 5. The van der Waals surface area contributed by atoms with Crippen molar-refractivity contribution < 1.29 is 89.2 Å². The minimum Gasteiger partial charge on any atom is -0.494 e. The quantitative estimate of drug-likeness (QED) is 0.0185. The van der Waals surface area contributed by atoms with Gasteiger partial charge >= 0.3 is 29.8 Å². The van der Waals surface area contributed by atoms with Crippen LogP contribution in [0.2, 0.25) is 0 Å². The normalized spacial score (nSPS) is 14.7. The highest BCUT2D eigenvalue weighted by atomic mass is 16.6. The summed E-state index contributed by atoms with van der Waals surface area (Å²) in [6.07, 6.45) is 15.8. The number of carbonyl (C=O) groups excluding carboxylic acids is 1. The molecule has 0 radical (unpaired) electrons. The Morgan fingerprint density at radius 3 is 1.17 bits per heavy atom. The number of unbranched alkanes of at least 4 members (excludes halogenated alkanes) is 6. The molecule has 4 aromatic carbocycles. The highest BCUT2D eigenvalue weighted by Gasteiger charge is 2.37. The number of aliphatic carboxylic acids is 4. The molecular formula is C71H110N6O18. The first-order valence-corrected chi connectivity index (χ1v) is 32.3. The van der Waals surface area contributed by atoms with Gasteiger partial charge in [-0.2, -0.15) is 0 Å². The lowest BCUT2D eigenvalue weighted by molar-refractivity contribution is -0.154. The predicted octanol–water partition coefficient (Wildman–Crippen LogP) is 5.78. The average molecular weight is 1340 g/mol. The van der Waals surface area contributed by atoms with E-state index in [-0.39, 0.29) is 52.1 Å². The Balaban J connectivity index is 0.000000612. The third-order valence-corrected chi connectivity index (χ3v) is 16.0. The largest absolute Gasteiger partial charge is 0.494 e. The van der Waals surface area contributed by atoms with Crippen molar-refractivity contribution in [3.05, 3.63) is 148 Å². The van der Waals surface area contributed by atoms with E-state index in [2.05, 4.69) is 36.2 Å². The van der Waals surface area contributed by atoms with Crippen LogP contribution in [-0.4, -0.2) is 180 Å². The van der Waals surface area contributed by atoms with Crippen molar-refractivity contribution in [2.45, 2.75) is 184 Å². The zero-order chi connectivity index (χ0) is 71.5. The van der Waals surface area contributed by atoms with Crippen LogP contribution in [0.5, 0.6) is 5.75 Å². The highest BCUT2D eigenvalue weighted by molar-refractivity contribution is 5.87. The number of hydrogen-bond acceptors (Lipinski definition) is 20. The molecule has 532 valence electrons. The lowest BCUT2D eigenvalue weighted by Crippen LogP contribution is -2.52. The van der Waals surface area contributed by atoms with E-state index in [1.165, 1.54) is 43.2 Å². The number of ether oxygens (including phenoxy) is 3. The average Bonchev–Trinajstić information content (AvgIpc) is 1.13. The van der Waals surface area contributed by atoms with Gasteiger partial charge in [0.1, 0.15) is 40.1 Å². The summed E-state index contributed by atoms with van der Waals surface area (Å²) < 4.78 is 15.9. The lowest BCUT2D eigenvalue weighted by atomic mass is 9.92. The molecule has 0 aromatic heterocycles. The maximum atomic E-state index is 12.2. The van der Waals surface area contributed by atoms with Crippen LogP contribution in [0.1, 0.15) is 149 Å². The van der Waals surface area contributed by atoms with Crippen LogP contribution in [-0.2, 0) is 59.1 Å². The Hall–Kier alpha value is -7.04. The van der Waals surface area contributed by atoms with Crippen LogP contribution in [0, 0.1) is 20.8 Å². The summed E-state index contributed by atoms with van der Waals surface area (Å²) in [5.41, 5.74) is 30.7. The molecule has 1 heterocycles. The molecule has 24 nitrogen and oxygen atoms in total. The molecule has 0 saturated heterocycles. The minimum absolute atomic E-state index is 0.0302. The molecule has 1 aliphatic heterocycles. The van der Waals surface area contributed by atoms with Crippen LogP contribution in [0.3, 0.4) is 0 Å². The van der Waals surface area contributed by atoms with E-state index in [9.17, 15) is 29.1 Å². The molecule has 0 saturated carbocycles. The number of nitrogens with zero attached hydrogens (tertiary/aromatic N) is 1. The van der Waals surface area contributed by atoms with Crippen LogP contribution >= 0.6 is 0 Å². The number of aliphatic imine (C=N–C) groups is 1. The smallest absolute Gasteiger partial charge is 0.328 e. The van der Waals surface area contributed by atoms with E-state index in [4.69, 9.17) is 88.8 Å². The third kappa shape index (κ3) is 34.5. The summed E-state index contributed by atoms with van der Waals surface area (Å²) in [5, 5.41) is 89.6. The van der Waals surface area contributed by atoms with Crippen molar-refractivity contribution in [2.24, 2.45) is 33.7 Å². The monoisotopic (exact) mass is 1330 g/mol. The molecule has 1 aliphatic rings. The number of benzene rings is 4. The Bertz CT molecular complexity index is 2820. The number of allylic oxidation sites excluding steroid dienone is 1. The second-order valence-electron chi connectivity index (χ2n) is 24.5. The molecule has 5 atom stereocenters. The fourth-order valence-corrected chi connectivity index (χ4v) is 8.88. The van der Waals surface area contributed by atoms with Crippen molar-refractivity contribution in [3.63, 3.8) is 0 Å². The number of aliphatic hydroxyl groups is 6. The Morgan fingerprint density at radius 2 is 0.789 bits per heavy atom. The number of hydrogen-bond donors (Lipinski definition) is 15. The van der Waals surface area contributed by atoms with Gasteiger partial charge in [-0.3, -0.25) is 24.2 Å². The van der Waals surface area contributed by atoms with Gasteiger partial charge in [-0.15, -0.1) is 0 Å². The molecule has 24 heteroatoms. The van der Waals surface area contributed by atoms with Gasteiger partial charge in [0, 0.05) is 18.3 Å². The molecule has 5 unspecified atom stereocenters. The Kier molecular flexibility index (Phi) is 41.8. The van der Waals surface area contributed by atoms with E-state index in [0.717, 1.165) is 77.1 Å². The zero-order valence-corrected chi connectivity index (χ0v) is 56.4. The van der Waals surface area contributed by atoms with Crippen LogP contribution in [0.25, 0.3) is 0 Å². The highest BCUT2D eigenvalue weighted by Crippen LogP contribution is 2.23. The van der Waals surface area contributed by atoms with Crippen LogP contribution in [0.15, 0.2) is 114 Å². The Morgan fingerprint density at radius 1 is 0.421 bits per heavy atom. The maximum absolute atomic E-state index is 12.2. The molecule has 0 fully saturated rings. The summed E-state index contributed by atoms with van der Waals surface area (Å²) in [7, 11) is 0. The molecule has 0 amide bonds. The van der Waals surface area contributed by atoms with E-state index in [1.54, 1.807) is 6.20 Å². The lowest BCUT2D eigenvalue weighted by Gasteiger charge is -2.25. The van der Waals surface area contributed by atoms with Crippen molar-refractivity contribution >= 4 is 35.6 Å².